The van der Waals surface area contributed by atoms with Crippen molar-refractivity contribution >= 4 is 11.8 Å². The first-order chi connectivity index (χ1) is 15.2. The molecule has 0 radical (unpaired) electrons. The van der Waals surface area contributed by atoms with Crippen molar-refractivity contribution in [2.45, 2.75) is 30.8 Å². The molecule has 7 nitrogen and oxygen atoms in total. The number of aromatic nitrogens is 4. The standard InChI is InChI=1S/C23H21FN6O/c24-15-3-1-14(2-4-15)19-20(30-11-12-31-22(30)28-19)17-6-9-25-21(26-17)27-18-13-29-10-8-23(29)7-5-16(18)23/h1-4,6,9,11-12,16,18H,5,7-8,10,13H2,(H,25,26,27). The van der Waals surface area contributed by atoms with Gasteiger partial charge in [0.1, 0.15) is 23.5 Å². The van der Waals surface area contributed by atoms with Gasteiger partial charge >= 0.3 is 5.84 Å². The van der Waals surface area contributed by atoms with Crippen molar-refractivity contribution in [3.8, 4) is 22.6 Å². The Balaban J connectivity index is 1.27. The highest BCUT2D eigenvalue weighted by atomic mass is 19.1. The summed E-state index contributed by atoms with van der Waals surface area (Å²) in [5.74, 6) is 1.52. The van der Waals surface area contributed by atoms with Crippen LogP contribution < -0.4 is 5.32 Å². The average molecular weight is 416 g/mol. The summed E-state index contributed by atoms with van der Waals surface area (Å²) in [6.07, 6.45) is 9.12. The lowest BCUT2D eigenvalue weighted by Gasteiger charge is -2.58. The topological polar surface area (TPSA) is 71.5 Å². The number of hydrogen-bond donors (Lipinski definition) is 1. The maximum absolute atomic E-state index is 13.5. The lowest BCUT2D eigenvalue weighted by Crippen LogP contribution is -2.64. The predicted octanol–water partition coefficient (Wildman–Crippen LogP) is 3.84. The Bertz CT molecular complexity index is 1290. The van der Waals surface area contributed by atoms with E-state index >= 15 is 0 Å². The molecular formula is C23H21FN6O. The molecule has 1 aliphatic carbocycles. The zero-order chi connectivity index (χ0) is 20.6. The van der Waals surface area contributed by atoms with Gasteiger partial charge in [-0.3, -0.25) is 9.30 Å². The quantitative estimate of drug-likeness (QED) is 0.545. The van der Waals surface area contributed by atoms with Gasteiger partial charge in [-0.15, -0.1) is 0 Å². The lowest BCUT2D eigenvalue weighted by atomic mass is 9.61. The molecule has 1 N–H and O–H groups in total. The molecule has 3 fully saturated rings. The summed E-state index contributed by atoms with van der Waals surface area (Å²) in [5, 5.41) is 3.61. The van der Waals surface area contributed by atoms with E-state index < -0.39 is 0 Å². The van der Waals surface area contributed by atoms with Gasteiger partial charge in [0.2, 0.25) is 5.95 Å². The van der Waals surface area contributed by atoms with E-state index in [1.165, 1.54) is 37.9 Å². The second-order valence-corrected chi connectivity index (χ2v) is 8.83. The van der Waals surface area contributed by atoms with Crippen molar-refractivity contribution in [3.63, 3.8) is 0 Å². The SMILES string of the molecule is Fc1ccc(-c2nc3occn3c2-c2ccnc(NC3CN4CCC45CCC35)n2)cc1. The third-order valence-electron chi connectivity index (χ3n) is 7.52. The van der Waals surface area contributed by atoms with E-state index in [0.29, 0.717) is 35.0 Å². The van der Waals surface area contributed by atoms with Gasteiger partial charge in [-0.2, -0.15) is 4.98 Å². The van der Waals surface area contributed by atoms with Gasteiger partial charge < -0.3 is 9.73 Å². The molecule has 3 aromatic heterocycles. The molecule has 2 aliphatic heterocycles. The van der Waals surface area contributed by atoms with Crippen molar-refractivity contribution < 1.29 is 8.81 Å². The Labute approximate surface area is 177 Å². The Hall–Kier alpha value is -3.26. The second-order valence-electron chi connectivity index (χ2n) is 8.83. The van der Waals surface area contributed by atoms with Crippen molar-refractivity contribution in [2.75, 3.05) is 18.4 Å². The first-order valence-electron chi connectivity index (χ1n) is 10.8. The number of fused-ring (bicyclic) bond motifs is 1. The number of nitrogens with one attached hydrogen (secondary N) is 1. The number of hydrogen-bond acceptors (Lipinski definition) is 6. The first-order valence-corrected chi connectivity index (χ1v) is 10.8. The minimum atomic E-state index is -0.281. The van der Waals surface area contributed by atoms with Gasteiger partial charge in [0, 0.05) is 42.6 Å². The summed E-state index contributed by atoms with van der Waals surface area (Å²) in [6.45, 7) is 2.28. The van der Waals surface area contributed by atoms with E-state index in [9.17, 15) is 4.39 Å². The third kappa shape index (κ3) is 2.39. The van der Waals surface area contributed by atoms with Crippen LogP contribution in [0.15, 0.2) is 53.4 Å². The summed E-state index contributed by atoms with van der Waals surface area (Å²) in [7, 11) is 0. The van der Waals surface area contributed by atoms with Crippen molar-refractivity contribution in [2.24, 2.45) is 5.92 Å². The van der Waals surface area contributed by atoms with Crippen molar-refractivity contribution in [3.05, 3.63) is 54.8 Å². The summed E-state index contributed by atoms with van der Waals surface area (Å²) in [4.78, 5) is 16.6. The fourth-order valence-corrected chi connectivity index (χ4v) is 5.83. The fourth-order valence-electron chi connectivity index (χ4n) is 5.83. The van der Waals surface area contributed by atoms with Crippen LogP contribution >= 0.6 is 0 Å². The molecule has 3 aliphatic rings. The monoisotopic (exact) mass is 416 g/mol. The van der Waals surface area contributed by atoms with Crippen LogP contribution in [0.5, 0.6) is 0 Å². The number of imidazole rings is 1. The third-order valence-corrected chi connectivity index (χ3v) is 7.52. The first kappa shape index (κ1) is 17.4. The Morgan fingerprint density at radius 2 is 2.03 bits per heavy atom. The molecule has 4 aromatic rings. The molecule has 1 spiro atoms. The predicted molar refractivity (Wildman–Crippen MR) is 113 cm³/mol. The number of rotatable bonds is 4. The van der Waals surface area contributed by atoms with Crippen LogP contribution in [0.2, 0.25) is 0 Å². The minimum Gasteiger partial charge on any atom is -0.432 e. The molecule has 5 heterocycles. The molecule has 31 heavy (non-hydrogen) atoms. The smallest absolute Gasteiger partial charge is 0.306 e. The summed E-state index contributed by atoms with van der Waals surface area (Å²) in [5.41, 5.74) is 3.51. The molecule has 3 unspecified atom stereocenters. The number of nitrogens with zero attached hydrogens (tertiary/aromatic N) is 5. The molecule has 0 amide bonds. The maximum atomic E-state index is 13.5. The Morgan fingerprint density at radius 3 is 2.77 bits per heavy atom. The van der Waals surface area contributed by atoms with Crippen LogP contribution in [0.25, 0.3) is 28.5 Å². The molecular weight excluding hydrogens is 395 g/mol. The van der Waals surface area contributed by atoms with Gasteiger partial charge in [-0.1, -0.05) is 0 Å². The van der Waals surface area contributed by atoms with E-state index in [0.717, 1.165) is 23.5 Å². The molecule has 8 heteroatoms. The van der Waals surface area contributed by atoms with Crippen molar-refractivity contribution in [1.82, 2.24) is 24.3 Å². The van der Waals surface area contributed by atoms with Gasteiger partial charge in [0.05, 0.1) is 5.69 Å². The number of halogens is 1. The van der Waals surface area contributed by atoms with E-state index in [2.05, 4.69) is 20.2 Å². The van der Waals surface area contributed by atoms with E-state index in [1.54, 1.807) is 24.6 Å². The van der Waals surface area contributed by atoms with E-state index in [4.69, 9.17) is 9.40 Å². The molecule has 3 atom stereocenters. The van der Waals surface area contributed by atoms with Crippen LogP contribution in [0.1, 0.15) is 19.3 Å². The lowest BCUT2D eigenvalue weighted by molar-refractivity contribution is -0.0666. The van der Waals surface area contributed by atoms with Gasteiger partial charge in [0.15, 0.2) is 0 Å². The van der Waals surface area contributed by atoms with Crippen LogP contribution in [0, 0.1) is 11.7 Å². The van der Waals surface area contributed by atoms with E-state index in [1.807, 2.05) is 16.7 Å². The Morgan fingerprint density at radius 1 is 1.13 bits per heavy atom. The van der Waals surface area contributed by atoms with Gasteiger partial charge in [-0.25, -0.2) is 14.4 Å². The molecule has 2 saturated heterocycles. The van der Waals surface area contributed by atoms with E-state index in [-0.39, 0.29) is 5.82 Å². The van der Waals surface area contributed by atoms with Crippen molar-refractivity contribution in [1.29, 1.82) is 0 Å². The van der Waals surface area contributed by atoms with Crippen LogP contribution in [0.4, 0.5) is 10.3 Å². The molecule has 1 aromatic carbocycles. The largest absolute Gasteiger partial charge is 0.432 e. The minimum absolute atomic E-state index is 0.281. The summed E-state index contributed by atoms with van der Waals surface area (Å²) >= 11 is 0. The zero-order valence-electron chi connectivity index (χ0n) is 16.8. The van der Waals surface area contributed by atoms with Crippen LogP contribution in [0.3, 0.4) is 0 Å². The highest BCUT2D eigenvalue weighted by Crippen LogP contribution is 2.57. The maximum Gasteiger partial charge on any atom is 0.306 e. The number of anilines is 1. The molecule has 156 valence electrons. The number of benzene rings is 1. The summed E-state index contributed by atoms with van der Waals surface area (Å²) < 4.78 is 20.9. The van der Waals surface area contributed by atoms with Gasteiger partial charge in [0.25, 0.3) is 0 Å². The molecule has 7 rings (SSSR count). The fraction of sp³-hybridized carbons (Fsp3) is 0.348. The number of oxazole rings is 1. The zero-order valence-corrected chi connectivity index (χ0v) is 16.8. The highest BCUT2D eigenvalue weighted by Gasteiger charge is 2.63. The van der Waals surface area contributed by atoms with Crippen LogP contribution in [-0.4, -0.2) is 48.9 Å². The second kappa shape index (κ2) is 6.13. The Kier molecular flexibility index (Phi) is 3.45. The summed E-state index contributed by atoms with van der Waals surface area (Å²) in [6, 6.07) is 8.58. The highest BCUT2D eigenvalue weighted by molar-refractivity contribution is 5.79. The molecule has 1 saturated carbocycles. The van der Waals surface area contributed by atoms with Gasteiger partial charge in [-0.05, 0) is 55.5 Å². The molecule has 0 bridgehead atoms. The van der Waals surface area contributed by atoms with Crippen LogP contribution in [-0.2, 0) is 0 Å². The normalized spacial score (nSPS) is 26.9. The average Bonchev–Trinajstić information content (AvgIpc) is 3.35.